The largest absolute Gasteiger partial charge is 0.450 e. The standard InChI is InChI=1S/C27H31N5O2/c1-2-31(21-11-4-3-5-12-21)16-9-17-32(27(33)20-10-8-15-28-18-20)26-25-24(29-19-30-26)22-13-6-7-14-23(22)34-25/h3-7,11-14,19-20,28H,2,8-10,15-18H2,1H3. The molecule has 176 valence electrons. The third-order valence-electron chi connectivity index (χ3n) is 6.62. The number of nitrogens with one attached hydrogen (secondary N) is 1. The van der Waals surface area contributed by atoms with Gasteiger partial charge in [-0.3, -0.25) is 9.69 Å². The number of fused-ring (bicyclic) bond motifs is 3. The van der Waals surface area contributed by atoms with Gasteiger partial charge in [0, 0.05) is 37.3 Å². The lowest BCUT2D eigenvalue weighted by Crippen LogP contribution is -2.44. The number of furan rings is 1. The van der Waals surface area contributed by atoms with Crippen molar-refractivity contribution >= 4 is 39.5 Å². The van der Waals surface area contributed by atoms with Crippen LogP contribution in [0.25, 0.3) is 22.1 Å². The summed E-state index contributed by atoms with van der Waals surface area (Å²) in [5.74, 6) is 0.620. The molecule has 34 heavy (non-hydrogen) atoms. The number of hydrogen-bond donors (Lipinski definition) is 1. The van der Waals surface area contributed by atoms with Crippen LogP contribution in [0, 0.1) is 5.92 Å². The molecule has 0 bridgehead atoms. The van der Waals surface area contributed by atoms with Gasteiger partial charge >= 0.3 is 0 Å². The second-order valence-electron chi connectivity index (χ2n) is 8.78. The summed E-state index contributed by atoms with van der Waals surface area (Å²) in [5, 5.41) is 4.31. The number of benzene rings is 2. The number of carbonyl (C=O) groups is 1. The number of piperidine rings is 1. The van der Waals surface area contributed by atoms with E-state index < -0.39 is 0 Å². The summed E-state index contributed by atoms with van der Waals surface area (Å²) in [6, 6.07) is 18.2. The molecule has 7 heteroatoms. The number of nitrogens with zero attached hydrogens (tertiary/aromatic N) is 4. The number of anilines is 2. The van der Waals surface area contributed by atoms with Crippen LogP contribution in [-0.4, -0.2) is 48.6 Å². The molecule has 4 aromatic rings. The number of hydrogen-bond acceptors (Lipinski definition) is 6. The highest BCUT2D eigenvalue weighted by Crippen LogP contribution is 2.33. The summed E-state index contributed by atoms with van der Waals surface area (Å²) in [5.41, 5.74) is 3.28. The maximum atomic E-state index is 13.7. The second-order valence-corrected chi connectivity index (χ2v) is 8.78. The van der Waals surface area contributed by atoms with Crippen molar-refractivity contribution in [3.8, 4) is 0 Å². The monoisotopic (exact) mass is 457 g/mol. The Kier molecular flexibility index (Phi) is 6.72. The average Bonchev–Trinajstić information content (AvgIpc) is 3.29. The molecule has 7 nitrogen and oxygen atoms in total. The number of rotatable bonds is 8. The Morgan fingerprint density at radius 1 is 1.09 bits per heavy atom. The van der Waals surface area contributed by atoms with Crippen LogP contribution in [0.3, 0.4) is 0 Å². The molecule has 1 saturated heterocycles. The van der Waals surface area contributed by atoms with E-state index in [9.17, 15) is 4.79 Å². The Morgan fingerprint density at radius 2 is 1.91 bits per heavy atom. The fourth-order valence-corrected chi connectivity index (χ4v) is 4.84. The minimum absolute atomic E-state index is 0.0560. The fraction of sp³-hybridized carbons (Fsp3) is 0.370. The van der Waals surface area contributed by atoms with Crippen molar-refractivity contribution in [3.05, 3.63) is 60.9 Å². The van der Waals surface area contributed by atoms with E-state index in [0.717, 1.165) is 55.4 Å². The van der Waals surface area contributed by atoms with E-state index in [1.54, 1.807) is 6.33 Å². The maximum absolute atomic E-state index is 13.7. The molecule has 1 amide bonds. The second kappa shape index (κ2) is 10.2. The summed E-state index contributed by atoms with van der Waals surface area (Å²) in [6.07, 6.45) is 4.26. The summed E-state index contributed by atoms with van der Waals surface area (Å²) in [4.78, 5) is 27.0. The molecule has 2 aromatic heterocycles. The average molecular weight is 458 g/mol. The lowest BCUT2D eigenvalue weighted by atomic mass is 9.98. The van der Waals surface area contributed by atoms with Gasteiger partial charge in [-0.2, -0.15) is 0 Å². The van der Waals surface area contributed by atoms with Crippen molar-refractivity contribution in [1.29, 1.82) is 0 Å². The van der Waals surface area contributed by atoms with E-state index in [4.69, 9.17) is 4.42 Å². The first-order valence-electron chi connectivity index (χ1n) is 12.2. The van der Waals surface area contributed by atoms with Crippen molar-refractivity contribution in [2.75, 3.05) is 42.5 Å². The van der Waals surface area contributed by atoms with E-state index in [1.807, 2.05) is 35.2 Å². The van der Waals surface area contributed by atoms with Gasteiger partial charge in [0.1, 0.15) is 17.4 Å². The van der Waals surface area contributed by atoms with Crippen LogP contribution in [0.1, 0.15) is 26.2 Å². The van der Waals surface area contributed by atoms with Gasteiger partial charge < -0.3 is 14.6 Å². The van der Waals surface area contributed by atoms with Crippen LogP contribution in [-0.2, 0) is 4.79 Å². The van der Waals surface area contributed by atoms with Gasteiger partial charge in [-0.15, -0.1) is 0 Å². The van der Waals surface area contributed by atoms with Crippen LogP contribution in [0.4, 0.5) is 11.5 Å². The predicted molar refractivity (Wildman–Crippen MR) is 136 cm³/mol. The normalized spacial score (nSPS) is 16.1. The van der Waals surface area contributed by atoms with Gasteiger partial charge in [0.05, 0.1) is 5.92 Å². The molecule has 5 rings (SSSR count). The minimum Gasteiger partial charge on any atom is -0.450 e. The highest BCUT2D eigenvalue weighted by Gasteiger charge is 2.30. The number of carbonyl (C=O) groups excluding carboxylic acids is 1. The molecule has 0 radical (unpaired) electrons. The van der Waals surface area contributed by atoms with E-state index in [0.29, 0.717) is 24.5 Å². The van der Waals surface area contributed by atoms with Gasteiger partial charge in [0.25, 0.3) is 0 Å². The topological polar surface area (TPSA) is 74.5 Å². The molecule has 1 aliphatic rings. The quantitative estimate of drug-likeness (QED) is 0.416. The summed E-state index contributed by atoms with van der Waals surface area (Å²) < 4.78 is 6.18. The third-order valence-corrected chi connectivity index (χ3v) is 6.62. The molecule has 1 atom stereocenters. The van der Waals surface area contributed by atoms with Gasteiger partial charge in [0.15, 0.2) is 11.4 Å². The predicted octanol–water partition coefficient (Wildman–Crippen LogP) is 4.63. The Labute approximate surface area is 199 Å². The summed E-state index contributed by atoms with van der Waals surface area (Å²) >= 11 is 0. The van der Waals surface area contributed by atoms with Crippen LogP contribution in [0.2, 0.25) is 0 Å². The fourth-order valence-electron chi connectivity index (χ4n) is 4.84. The first-order chi connectivity index (χ1) is 16.8. The van der Waals surface area contributed by atoms with Crippen molar-refractivity contribution in [2.45, 2.75) is 26.2 Å². The molecular formula is C27H31N5O2. The molecule has 3 heterocycles. The first-order valence-corrected chi connectivity index (χ1v) is 12.2. The van der Waals surface area contributed by atoms with E-state index in [1.165, 1.54) is 5.69 Å². The lowest BCUT2D eigenvalue weighted by Gasteiger charge is -2.30. The number of aromatic nitrogens is 2. The van der Waals surface area contributed by atoms with Crippen molar-refractivity contribution in [1.82, 2.24) is 15.3 Å². The molecule has 1 fully saturated rings. The van der Waals surface area contributed by atoms with Gasteiger partial charge in [-0.25, -0.2) is 9.97 Å². The summed E-state index contributed by atoms with van der Waals surface area (Å²) in [6.45, 7) is 6.16. The van der Waals surface area contributed by atoms with Crippen molar-refractivity contribution in [3.63, 3.8) is 0 Å². The van der Waals surface area contributed by atoms with Crippen molar-refractivity contribution in [2.24, 2.45) is 5.92 Å². The Hall–Kier alpha value is -3.45. The zero-order valence-electron chi connectivity index (χ0n) is 19.6. The molecule has 1 aliphatic heterocycles. The van der Waals surface area contributed by atoms with Crippen LogP contribution >= 0.6 is 0 Å². The molecule has 1 N–H and O–H groups in total. The molecule has 1 unspecified atom stereocenters. The highest BCUT2D eigenvalue weighted by molar-refractivity contribution is 6.08. The SMILES string of the molecule is CCN(CCCN(C(=O)C1CCCNC1)c1ncnc2c1oc1ccccc12)c1ccccc1. The molecule has 2 aromatic carbocycles. The molecule has 0 aliphatic carbocycles. The minimum atomic E-state index is -0.0560. The van der Waals surface area contributed by atoms with Crippen LogP contribution < -0.4 is 15.1 Å². The van der Waals surface area contributed by atoms with Gasteiger partial charge in [-0.05, 0) is 57.0 Å². The number of amides is 1. The van der Waals surface area contributed by atoms with Crippen LogP contribution in [0.5, 0.6) is 0 Å². The van der Waals surface area contributed by atoms with Crippen molar-refractivity contribution < 1.29 is 9.21 Å². The van der Waals surface area contributed by atoms with Gasteiger partial charge in [0.2, 0.25) is 5.91 Å². The Balaban J connectivity index is 1.44. The zero-order valence-corrected chi connectivity index (χ0v) is 19.6. The third kappa shape index (κ3) is 4.48. The zero-order chi connectivity index (χ0) is 23.3. The Bertz CT molecular complexity index is 1250. The van der Waals surface area contributed by atoms with E-state index in [2.05, 4.69) is 51.4 Å². The number of para-hydroxylation sites is 2. The highest BCUT2D eigenvalue weighted by atomic mass is 16.3. The van der Waals surface area contributed by atoms with E-state index in [-0.39, 0.29) is 11.8 Å². The maximum Gasteiger partial charge on any atom is 0.232 e. The van der Waals surface area contributed by atoms with E-state index >= 15 is 0 Å². The first kappa shape index (κ1) is 22.3. The smallest absolute Gasteiger partial charge is 0.232 e. The molecule has 0 saturated carbocycles. The lowest BCUT2D eigenvalue weighted by molar-refractivity contribution is -0.122. The Morgan fingerprint density at radius 3 is 2.71 bits per heavy atom. The summed E-state index contributed by atoms with van der Waals surface area (Å²) in [7, 11) is 0. The molecule has 0 spiro atoms. The van der Waals surface area contributed by atoms with Gasteiger partial charge in [-0.1, -0.05) is 30.3 Å². The van der Waals surface area contributed by atoms with Crippen LogP contribution in [0.15, 0.2) is 65.3 Å². The molecular weight excluding hydrogens is 426 g/mol.